The standard InChI is InChI=1S/C14H21FN2O/c1-10(2)9-17(11(3)4)14(18)16-13-8-6-5-7-12(13)15/h5-8,10-11H,9H2,1-4H3,(H,16,18). The second kappa shape index (κ2) is 6.38. The zero-order valence-corrected chi connectivity index (χ0v) is 11.4. The Morgan fingerprint density at radius 3 is 2.39 bits per heavy atom. The first-order chi connectivity index (χ1) is 8.41. The normalized spacial score (nSPS) is 10.8. The van der Waals surface area contributed by atoms with Crippen molar-refractivity contribution in [2.45, 2.75) is 33.7 Å². The van der Waals surface area contributed by atoms with Crippen LogP contribution in [-0.4, -0.2) is 23.5 Å². The van der Waals surface area contributed by atoms with Gasteiger partial charge in [0.15, 0.2) is 0 Å². The van der Waals surface area contributed by atoms with Crippen LogP contribution in [0.1, 0.15) is 27.7 Å². The molecule has 1 aromatic carbocycles. The van der Waals surface area contributed by atoms with Crippen molar-refractivity contribution < 1.29 is 9.18 Å². The zero-order chi connectivity index (χ0) is 13.7. The van der Waals surface area contributed by atoms with Gasteiger partial charge in [-0.2, -0.15) is 0 Å². The van der Waals surface area contributed by atoms with Gasteiger partial charge < -0.3 is 10.2 Å². The molecule has 0 heterocycles. The van der Waals surface area contributed by atoms with Gasteiger partial charge in [0.25, 0.3) is 0 Å². The molecule has 4 heteroatoms. The van der Waals surface area contributed by atoms with E-state index in [9.17, 15) is 9.18 Å². The number of anilines is 1. The summed E-state index contributed by atoms with van der Waals surface area (Å²) in [5.41, 5.74) is 0.219. The molecule has 3 nitrogen and oxygen atoms in total. The number of nitrogens with zero attached hydrogens (tertiary/aromatic N) is 1. The lowest BCUT2D eigenvalue weighted by Gasteiger charge is -2.28. The second-order valence-corrected chi connectivity index (χ2v) is 5.05. The molecule has 0 aliphatic rings. The van der Waals surface area contributed by atoms with Crippen LogP contribution in [-0.2, 0) is 0 Å². The Hall–Kier alpha value is -1.58. The molecule has 0 aromatic heterocycles. The van der Waals surface area contributed by atoms with Crippen molar-refractivity contribution in [2.75, 3.05) is 11.9 Å². The predicted molar refractivity (Wildman–Crippen MR) is 72.1 cm³/mol. The highest BCUT2D eigenvalue weighted by Crippen LogP contribution is 2.14. The smallest absolute Gasteiger partial charge is 0.322 e. The van der Waals surface area contributed by atoms with E-state index in [1.807, 2.05) is 27.7 Å². The molecule has 0 radical (unpaired) electrons. The number of carbonyl (C=O) groups excluding carboxylic acids is 1. The minimum Gasteiger partial charge on any atom is -0.322 e. The lowest BCUT2D eigenvalue weighted by atomic mass is 10.2. The van der Waals surface area contributed by atoms with E-state index in [1.165, 1.54) is 6.07 Å². The maximum atomic E-state index is 13.4. The van der Waals surface area contributed by atoms with Gasteiger partial charge >= 0.3 is 6.03 Å². The van der Waals surface area contributed by atoms with Gasteiger partial charge in [0.1, 0.15) is 5.82 Å². The van der Waals surface area contributed by atoms with E-state index >= 15 is 0 Å². The molecule has 0 aliphatic carbocycles. The second-order valence-electron chi connectivity index (χ2n) is 5.05. The average Bonchev–Trinajstić information content (AvgIpc) is 2.28. The van der Waals surface area contributed by atoms with E-state index in [0.29, 0.717) is 12.5 Å². The van der Waals surface area contributed by atoms with E-state index in [1.54, 1.807) is 23.1 Å². The number of para-hydroxylation sites is 1. The Morgan fingerprint density at radius 1 is 1.28 bits per heavy atom. The van der Waals surface area contributed by atoms with Crippen LogP contribution < -0.4 is 5.32 Å². The van der Waals surface area contributed by atoms with Crippen LogP contribution in [0.2, 0.25) is 0 Å². The van der Waals surface area contributed by atoms with Crippen molar-refractivity contribution in [1.82, 2.24) is 4.90 Å². The highest BCUT2D eigenvalue weighted by atomic mass is 19.1. The number of nitrogens with one attached hydrogen (secondary N) is 1. The third-order valence-electron chi connectivity index (χ3n) is 2.56. The van der Waals surface area contributed by atoms with Crippen LogP contribution in [0.3, 0.4) is 0 Å². The van der Waals surface area contributed by atoms with Gasteiger partial charge in [-0.1, -0.05) is 26.0 Å². The Labute approximate surface area is 108 Å². The Balaban J connectivity index is 2.76. The van der Waals surface area contributed by atoms with Crippen LogP contribution >= 0.6 is 0 Å². The molecule has 1 N–H and O–H groups in total. The lowest BCUT2D eigenvalue weighted by Crippen LogP contribution is -2.42. The number of hydrogen-bond acceptors (Lipinski definition) is 1. The predicted octanol–water partition coefficient (Wildman–Crippen LogP) is 3.72. The first-order valence-corrected chi connectivity index (χ1v) is 6.24. The molecule has 0 atom stereocenters. The summed E-state index contributed by atoms with van der Waals surface area (Å²) >= 11 is 0. The lowest BCUT2D eigenvalue weighted by molar-refractivity contribution is 0.188. The van der Waals surface area contributed by atoms with Crippen molar-refractivity contribution >= 4 is 11.7 Å². The number of urea groups is 1. The number of amides is 2. The highest BCUT2D eigenvalue weighted by Gasteiger charge is 2.18. The van der Waals surface area contributed by atoms with Crippen LogP contribution in [0.25, 0.3) is 0 Å². The monoisotopic (exact) mass is 252 g/mol. The maximum absolute atomic E-state index is 13.4. The SMILES string of the molecule is CC(C)CN(C(=O)Nc1ccccc1F)C(C)C. The van der Waals surface area contributed by atoms with Crippen molar-refractivity contribution in [3.63, 3.8) is 0 Å². The molecule has 1 aromatic rings. The number of benzene rings is 1. The summed E-state index contributed by atoms with van der Waals surface area (Å²) in [6.45, 7) is 8.64. The third-order valence-corrected chi connectivity index (χ3v) is 2.56. The number of hydrogen-bond donors (Lipinski definition) is 1. The van der Waals surface area contributed by atoms with E-state index in [2.05, 4.69) is 5.32 Å². The first kappa shape index (κ1) is 14.5. The van der Waals surface area contributed by atoms with Gasteiger partial charge in [-0.05, 0) is 31.9 Å². The minimum absolute atomic E-state index is 0.0826. The van der Waals surface area contributed by atoms with E-state index < -0.39 is 5.82 Å². The van der Waals surface area contributed by atoms with Crippen molar-refractivity contribution in [1.29, 1.82) is 0 Å². The molecular formula is C14H21FN2O. The molecule has 0 unspecified atom stereocenters. The van der Waals surface area contributed by atoms with Crippen LogP contribution in [0, 0.1) is 11.7 Å². The molecule has 0 spiro atoms. The van der Waals surface area contributed by atoms with Crippen molar-refractivity contribution in [3.05, 3.63) is 30.1 Å². The maximum Gasteiger partial charge on any atom is 0.322 e. The largest absolute Gasteiger partial charge is 0.322 e. The van der Waals surface area contributed by atoms with Crippen molar-refractivity contribution in [3.8, 4) is 0 Å². The van der Waals surface area contributed by atoms with Gasteiger partial charge in [0.05, 0.1) is 5.69 Å². The summed E-state index contributed by atoms with van der Waals surface area (Å²) in [5, 5.41) is 2.61. The molecule has 100 valence electrons. The fourth-order valence-electron chi connectivity index (χ4n) is 1.67. The van der Waals surface area contributed by atoms with Gasteiger partial charge in [0.2, 0.25) is 0 Å². The molecule has 0 bridgehead atoms. The van der Waals surface area contributed by atoms with Crippen LogP contribution in [0.5, 0.6) is 0 Å². The molecular weight excluding hydrogens is 231 g/mol. The summed E-state index contributed by atoms with van der Waals surface area (Å²) in [7, 11) is 0. The van der Waals surface area contributed by atoms with Gasteiger partial charge in [0, 0.05) is 12.6 Å². The molecule has 18 heavy (non-hydrogen) atoms. The van der Waals surface area contributed by atoms with Crippen LogP contribution in [0.4, 0.5) is 14.9 Å². The quantitative estimate of drug-likeness (QED) is 0.870. The van der Waals surface area contributed by atoms with Gasteiger partial charge in [-0.3, -0.25) is 0 Å². The van der Waals surface area contributed by atoms with Crippen LogP contribution in [0.15, 0.2) is 24.3 Å². The highest BCUT2D eigenvalue weighted by molar-refractivity contribution is 5.89. The zero-order valence-electron chi connectivity index (χ0n) is 11.4. The molecule has 1 rings (SSSR count). The average molecular weight is 252 g/mol. The summed E-state index contributed by atoms with van der Waals surface area (Å²) in [6.07, 6.45) is 0. The fourth-order valence-corrected chi connectivity index (χ4v) is 1.67. The number of halogens is 1. The van der Waals surface area contributed by atoms with E-state index in [-0.39, 0.29) is 17.8 Å². The molecule has 0 fully saturated rings. The van der Waals surface area contributed by atoms with Crippen molar-refractivity contribution in [2.24, 2.45) is 5.92 Å². The molecule has 0 saturated heterocycles. The number of carbonyl (C=O) groups is 1. The van der Waals surface area contributed by atoms with E-state index in [0.717, 1.165) is 0 Å². The summed E-state index contributed by atoms with van der Waals surface area (Å²) in [4.78, 5) is 13.8. The molecule has 2 amide bonds. The number of rotatable bonds is 4. The molecule has 0 saturated carbocycles. The van der Waals surface area contributed by atoms with E-state index in [4.69, 9.17) is 0 Å². The van der Waals surface area contributed by atoms with Gasteiger partial charge in [-0.15, -0.1) is 0 Å². The molecule has 0 aliphatic heterocycles. The minimum atomic E-state index is -0.417. The Morgan fingerprint density at radius 2 is 1.89 bits per heavy atom. The topological polar surface area (TPSA) is 32.3 Å². The Bertz CT molecular complexity index is 405. The summed E-state index contributed by atoms with van der Waals surface area (Å²) in [6, 6.07) is 6.00. The summed E-state index contributed by atoms with van der Waals surface area (Å²) < 4.78 is 13.4. The fraction of sp³-hybridized carbons (Fsp3) is 0.500. The third kappa shape index (κ3) is 4.02. The first-order valence-electron chi connectivity index (χ1n) is 6.24. The van der Waals surface area contributed by atoms with Gasteiger partial charge in [-0.25, -0.2) is 9.18 Å². The summed E-state index contributed by atoms with van der Waals surface area (Å²) in [5.74, 6) is -0.0436. The Kier molecular flexibility index (Phi) is 5.13.